The maximum absolute atomic E-state index is 12.5. The van der Waals surface area contributed by atoms with Crippen molar-refractivity contribution in [2.45, 2.75) is 31.3 Å². The average Bonchev–Trinajstić information content (AvgIpc) is 2.79. The van der Waals surface area contributed by atoms with Gasteiger partial charge in [-0.25, -0.2) is 0 Å². The third kappa shape index (κ3) is 4.39. The normalized spacial score (nSPS) is 25.7. The first-order valence-electron chi connectivity index (χ1n) is 9.48. The maximum atomic E-state index is 12.5. The Morgan fingerprint density at radius 3 is 2.77 bits per heavy atom. The van der Waals surface area contributed by atoms with Crippen LogP contribution in [0.3, 0.4) is 0 Å². The van der Waals surface area contributed by atoms with E-state index in [0.29, 0.717) is 19.6 Å². The molecule has 0 saturated carbocycles. The first kappa shape index (κ1) is 19.6. The van der Waals surface area contributed by atoms with Gasteiger partial charge >= 0.3 is 0 Å². The quantitative estimate of drug-likeness (QED) is 0.787. The van der Waals surface area contributed by atoms with Gasteiger partial charge in [-0.15, -0.1) is 0 Å². The predicted octanol–water partition coefficient (Wildman–Crippen LogP) is 2.49. The van der Waals surface area contributed by atoms with Gasteiger partial charge in [0, 0.05) is 63.4 Å². The monoisotopic (exact) mass is 379 g/mol. The number of rotatable bonds is 5. The number of likely N-dealkylation sites (N-methyl/N-ethyl adjacent to an activating group) is 1. The Morgan fingerprint density at radius 2 is 2.00 bits per heavy atom. The van der Waals surface area contributed by atoms with Crippen LogP contribution in [0.1, 0.15) is 24.8 Å². The molecule has 2 aliphatic heterocycles. The van der Waals surface area contributed by atoms with Crippen LogP contribution in [0.25, 0.3) is 0 Å². The molecular formula is C20H30ClN3O2. The van der Waals surface area contributed by atoms with Gasteiger partial charge in [-0.2, -0.15) is 0 Å². The molecule has 0 radical (unpaired) electrons. The first-order chi connectivity index (χ1) is 12.5. The standard InChI is InChI=1S/C20H30ClN3O2/c1-22-11-12-23(15-17-5-3-4-6-18(17)21)16-20(22)8-7-19(25)24(10-9-20)13-14-26-2/h3-6H,7-16H2,1-2H3/t20-/m1/s1. The van der Waals surface area contributed by atoms with Gasteiger partial charge in [0.15, 0.2) is 0 Å². The van der Waals surface area contributed by atoms with Crippen LogP contribution in [0, 0.1) is 0 Å². The number of piperazine rings is 1. The summed E-state index contributed by atoms with van der Waals surface area (Å²) in [6.45, 7) is 6.02. The van der Waals surface area contributed by atoms with Gasteiger partial charge < -0.3 is 9.64 Å². The van der Waals surface area contributed by atoms with Crippen molar-refractivity contribution in [1.29, 1.82) is 0 Å². The number of methoxy groups -OCH3 is 1. The smallest absolute Gasteiger partial charge is 0.222 e. The zero-order valence-corrected chi connectivity index (χ0v) is 16.7. The average molecular weight is 380 g/mol. The number of amides is 1. The number of carbonyl (C=O) groups excluding carboxylic acids is 1. The summed E-state index contributed by atoms with van der Waals surface area (Å²) >= 11 is 6.36. The van der Waals surface area contributed by atoms with Crippen LogP contribution in [0.15, 0.2) is 24.3 Å². The number of likely N-dealkylation sites (tertiary alicyclic amines) is 1. The summed E-state index contributed by atoms with van der Waals surface area (Å²) < 4.78 is 5.16. The molecule has 0 aromatic heterocycles. The molecule has 0 aliphatic carbocycles. The largest absolute Gasteiger partial charge is 0.383 e. The summed E-state index contributed by atoms with van der Waals surface area (Å²) in [7, 11) is 3.90. The molecule has 5 nitrogen and oxygen atoms in total. The van der Waals surface area contributed by atoms with E-state index in [-0.39, 0.29) is 11.4 Å². The highest BCUT2D eigenvalue weighted by atomic mass is 35.5. The molecule has 2 heterocycles. The van der Waals surface area contributed by atoms with E-state index in [0.717, 1.165) is 50.6 Å². The number of carbonyl (C=O) groups is 1. The molecule has 3 rings (SSSR count). The SMILES string of the molecule is COCCN1CC[C@]2(CCC1=O)CN(Cc1ccccc1Cl)CCN2C. The number of halogens is 1. The van der Waals surface area contributed by atoms with Crippen molar-refractivity contribution in [2.24, 2.45) is 0 Å². The zero-order chi connectivity index (χ0) is 18.6. The molecule has 1 spiro atoms. The van der Waals surface area contributed by atoms with Crippen LogP contribution in [-0.4, -0.2) is 79.6 Å². The fraction of sp³-hybridized carbons (Fsp3) is 0.650. The van der Waals surface area contributed by atoms with Crippen LogP contribution in [0.4, 0.5) is 0 Å². The summed E-state index contributed by atoms with van der Waals surface area (Å²) in [5.74, 6) is 0.260. The van der Waals surface area contributed by atoms with Gasteiger partial charge in [0.05, 0.1) is 6.61 Å². The van der Waals surface area contributed by atoms with Crippen molar-refractivity contribution < 1.29 is 9.53 Å². The molecule has 2 fully saturated rings. The summed E-state index contributed by atoms with van der Waals surface area (Å²) in [5, 5.41) is 0.835. The topological polar surface area (TPSA) is 36.0 Å². The Balaban J connectivity index is 1.69. The molecule has 0 bridgehead atoms. The van der Waals surface area contributed by atoms with Gasteiger partial charge in [-0.3, -0.25) is 14.6 Å². The van der Waals surface area contributed by atoms with E-state index in [2.05, 4.69) is 22.9 Å². The number of nitrogens with zero attached hydrogens (tertiary/aromatic N) is 3. The number of ether oxygens (including phenoxy) is 1. The molecule has 26 heavy (non-hydrogen) atoms. The van der Waals surface area contributed by atoms with Crippen molar-refractivity contribution in [2.75, 3.05) is 53.5 Å². The minimum atomic E-state index is 0.0665. The van der Waals surface area contributed by atoms with Crippen molar-refractivity contribution in [3.8, 4) is 0 Å². The van der Waals surface area contributed by atoms with Crippen LogP contribution in [0.2, 0.25) is 5.02 Å². The maximum Gasteiger partial charge on any atom is 0.222 e. The van der Waals surface area contributed by atoms with E-state index in [1.807, 2.05) is 23.1 Å². The minimum Gasteiger partial charge on any atom is -0.383 e. The third-order valence-electron chi connectivity index (χ3n) is 6.00. The van der Waals surface area contributed by atoms with E-state index in [1.54, 1.807) is 7.11 Å². The highest BCUT2D eigenvalue weighted by Gasteiger charge is 2.42. The lowest BCUT2D eigenvalue weighted by Gasteiger charge is -2.49. The Bertz CT molecular complexity index is 627. The van der Waals surface area contributed by atoms with Crippen LogP contribution >= 0.6 is 11.6 Å². The second-order valence-electron chi connectivity index (χ2n) is 7.57. The Labute approximate surface area is 161 Å². The van der Waals surface area contributed by atoms with E-state index in [1.165, 1.54) is 5.56 Å². The third-order valence-corrected chi connectivity index (χ3v) is 6.37. The van der Waals surface area contributed by atoms with Gasteiger partial charge in [-0.1, -0.05) is 29.8 Å². The molecule has 1 atom stereocenters. The highest BCUT2D eigenvalue weighted by molar-refractivity contribution is 6.31. The van der Waals surface area contributed by atoms with Gasteiger partial charge in [0.2, 0.25) is 5.91 Å². The second-order valence-corrected chi connectivity index (χ2v) is 7.98. The molecule has 1 amide bonds. The Morgan fingerprint density at radius 1 is 1.19 bits per heavy atom. The van der Waals surface area contributed by atoms with Crippen LogP contribution in [0.5, 0.6) is 0 Å². The van der Waals surface area contributed by atoms with Gasteiger partial charge in [0.25, 0.3) is 0 Å². The first-order valence-corrected chi connectivity index (χ1v) is 9.85. The van der Waals surface area contributed by atoms with Gasteiger partial charge in [0.1, 0.15) is 0 Å². The molecule has 0 N–H and O–H groups in total. The van der Waals surface area contributed by atoms with E-state index in [9.17, 15) is 4.79 Å². The molecular weight excluding hydrogens is 350 g/mol. The van der Waals surface area contributed by atoms with Crippen molar-refractivity contribution in [3.05, 3.63) is 34.9 Å². The molecule has 1 aromatic carbocycles. The number of benzene rings is 1. The Hall–Kier alpha value is -1.14. The molecule has 0 unspecified atom stereocenters. The lowest BCUT2D eigenvalue weighted by atomic mass is 9.86. The molecule has 6 heteroatoms. The number of hydrogen-bond acceptors (Lipinski definition) is 4. The molecule has 2 saturated heterocycles. The second kappa shape index (κ2) is 8.70. The lowest BCUT2D eigenvalue weighted by molar-refractivity contribution is -0.131. The molecule has 2 aliphatic rings. The summed E-state index contributed by atoms with van der Waals surface area (Å²) in [4.78, 5) is 19.4. The van der Waals surface area contributed by atoms with Gasteiger partial charge in [-0.05, 0) is 31.5 Å². The van der Waals surface area contributed by atoms with Crippen molar-refractivity contribution >= 4 is 17.5 Å². The Kier molecular flexibility index (Phi) is 6.56. The van der Waals surface area contributed by atoms with Crippen LogP contribution < -0.4 is 0 Å². The summed E-state index contributed by atoms with van der Waals surface area (Å²) in [6, 6.07) is 8.09. The summed E-state index contributed by atoms with van der Waals surface area (Å²) in [5.41, 5.74) is 1.25. The minimum absolute atomic E-state index is 0.0665. The van der Waals surface area contributed by atoms with Crippen molar-refractivity contribution in [3.63, 3.8) is 0 Å². The summed E-state index contributed by atoms with van der Waals surface area (Å²) in [6.07, 6.45) is 2.55. The molecule has 144 valence electrons. The lowest BCUT2D eigenvalue weighted by Crippen LogP contribution is -2.60. The molecule has 1 aromatic rings. The highest BCUT2D eigenvalue weighted by Crippen LogP contribution is 2.33. The van der Waals surface area contributed by atoms with E-state index < -0.39 is 0 Å². The van der Waals surface area contributed by atoms with Crippen molar-refractivity contribution in [1.82, 2.24) is 14.7 Å². The van der Waals surface area contributed by atoms with Crippen LogP contribution in [-0.2, 0) is 16.1 Å². The number of hydrogen-bond donors (Lipinski definition) is 0. The fourth-order valence-corrected chi connectivity index (χ4v) is 4.41. The van der Waals surface area contributed by atoms with E-state index >= 15 is 0 Å². The fourth-order valence-electron chi connectivity index (χ4n) is 4.22. The predicted molar refractivity (Wildman–Crippen MR) is 104 cm³/mol. The zero-order valence-electron chi connectivity index (χ0n) is 15.9. The van der Waals surface area contributed by atoms with E-state index in [4.69, 9.17) is 16.3 Å².